The third kappa shape index (κ3) is 2.97. The van der Waals surface area contributed by atoms with Gasteiger partial charge in [0.15, 0.2) is 0 Å². The third-order valence-electron chi connectivity index (χ3n) is 3.09. The molecule has 0 aliphatic heterocycles. The number of benzene rings is 1. The Labute approximate surface area is 119 Å². The van der Waals surface area contributed by atoms with Crippen molar-refractivity contribution in [3.05, 3.63) is 57.0 Å². The molecular weight excluding hydrogens is 274 g/mol. The Morgan fingerprint density at radius 1 is 1.19 bits per heavy atom. The van der Waals surface area contributed by atoms with Crippen LogP contribution in [0.5, 0.6) is 0 Å². The van der Waals surface area contributed by atoms with Crippen molar-refractivity contribution >= 4 is 17.6 Å². The summed E-state index contributed by atoms with van der Waals surface area (Å²) in [5, 5.41) is 17.4. The number of hydrogen-bond acceptors (Lipinski definition) is 4. The molecule has 0 saturated carbocycles. The quantitative estimate of drug-likeness (QED) is 0.788. The summed E-state index contributed by atoms with van der Waals surface area (Å²) in [7, 11) is 0. The molecule has 2 rings (SSSR count). The predicted octanol–water partition coefficient (Wildman–Crippen LogP) is 1.34. The Balaban J connectivity index is 2.28. The van der Waals surface area contributed by atoms with E-state index in [1.807, 2.05) is 0 Å². The van der Waals surface area contributed by atoms with Gasteiger partial charge in [-0.15, -0.1) is 0 Å². The summed E-state index contributed by atoms with van der Waals surface area (Å²) in [6.07, 6.45) is 0. The molecule has 0 unspecified atom stereocenters. The molecule has 0 aliphatic rings. The molecule has 1 aromatic carbocycles. The molecule has 1 heterocycles. The fourth-order valence-electron chi connectivity index (χ4n) is 1.79. The topological polar surface area (TPSA) is 112 Å². The number of aromatic carboxylic acids is 1. The number of carbonyl (C=O) groups excluding carboxylic acids is 1. The van der Waals surface area contributed by atoms with Gasteiger partial charge in [0, 0.05) is 5.69 Å². The maximum absolute atomic E-state index is 12.2. The SMILES string of the molecule is Cc1n[nH]c(=O)c(C(=O)Nc2ccc(C(=O)O)cc2)c1C. The molecule has 7 nitrogen and oxygen atoms in total. The zero-order valence-corrected chi connectivity index (χ0v) is 11.4. The van der Waals surface area contributed by atoms with E-state index in [1.165, 1.54) is 24.3 Å². The van der Waals surface area contributed by atoms with Gasteiger partial charge in [0.2, 0.25) is 0 Å². The second kappa shape index (κ2) is 5.58. The zero-order valence-electron chi connectivity index (χ0n) is 11.4. The summed E-state index contributed by atoms with van der Waals surface area (Å²) in [5.41, 5.74) is 0.988. The lowest BCUT2D eigenvalue weighted by molar-refractivity contribution is 0.0696. The summed E-state index contributed by atoms with van der Waals surface area (Å²) in [6, 6.07) is 5.65. The van der Waals surface area contributed by atoms with Crippen molar-refractivity contribution in [3.63, 3.8) is 0 Å². The molecule has 1 amide bonds. The van der Waals surface area contributed by atoms with Gasteiger partial charge < -0.3 is 10.4 Å². The lowest BCUT2D eigenvalue weighted by Gasteiger charge is -2.08. The van der Waals surface area contributed by atoms with Crippen LogP contribution in [0.4, 0.5) is 5.69 Å². The molecule has 0 spiro atoms. The standard InChI is InChI=1S/C14H13N3O4/c1-7-8(2)16-17-13(19)11(7)12(18)15-10-5-3-9(4-6-10)14(20)21/h3-6H,1-2H3,(H,15,18)(H,17,19)(H,20,21). The highest BCUT2D eigenvalue weighted by atomic mass is 16.4. The van der Waals surface area contributed by atoms with E-state index >= 15 is 0 Å². The zero-order chi connectivity index (χ0) is 15.6. The maximum atomic E-state index is 12.2. The van der Waals surface area contributed by atoms with Crippen LogP contribution in [0.2, 0.25) is 0 Å². The predicted molar refractivity (Wildman–Crippen MR) is 75.7 cm³/mol. The number of aryl methyl sites for hydroxylation is 1. The molecule has 1 aromatic heterocycles. The van der Waals surface area contributed by atoms with Gasteiger partial charge in [0.25, 0.3) is 11.5 Å². The molecule has 0 atom stereocenters. The fourth-order valence-corrected chi connectivity index (χ4v) is 1.79. The molecule has 7 heteroatoms. The summed E-state index contributed by atoms with van der Waals surface area (Å²) in [6.45, 7) is 3.32. The van der Waals surface area contributed by atoms with Crippen LogP contribution in [0, 0.1) is 13.8 Å². The van der Waals surface area contributed by atoms with Crippen molar-refractivity contribution in [2.45, 2.75) is 13.8 Å². The van der Waals surface area contributed by atoms with E-state index in [0.29, 0.717) is 16.9 Å². The molecule has 0 bridgehead atoms. The van der Waals surface area contributed by atoms with E-state index < -0.39 is 17.4 Å². The third-order valence-corrected chi connectivity index (χ3v) is 3.09. The first-order valence-electron chi connectivity index (χ1n) is 6.10. The lowest BCUT2D eigenvalue weighted by atomic mass is 10.1. The number of carboxylic acids is 1. The molecule has 21 heavy (non-hydrogen) atoms. The van der Waals surface area contributed by atoms with E-state index in [0.717, 1.165) is 0 Å². The number of nitrogens with one attached hydrogen (secondary N) is 2. The number of amides is 1. The molecule has 2 aromatic rings. The number of nitrogens with zero attached hydrogens (tertiary/aromatic N) is 1. The monoisotopic (exact) mass is 287 g/mol. The normalized spacial score (nSPS) is 10.2. The van der Waals surface area contributed by atoms with E-state index in [-0.39, 0.29) is 11.1 Å². The van der Waals surface area contributed by atoms with Gasteiger partial charge in [-0.25, -0.2) is 9.89 Å². The Hall–Kier alpha value is -2.96. The summed E-state index contributed by atoms with van der Waals surface area (Å²) < 4.78 is 0. The lowest BCUT2D eigenvalue weighted by Crippen LogP contribution is -2.26. The minimum absolute atomic E-state index is 0.00943. The Morgan fingerprint density at radius 3 is 2.38 bits per heavy atom. The van der Waals surface area contributed by atoms with Gasteiger partial charge >= 0.3 is 5.97 Å². The largest absolute Gasteiger partial charge is 0.478 e. The van der Waals surface area contributed by atoms with E-state index in [4.69, 9.17) is 5.11 Å². The van der Waals surface area contributed by atoms with Gasteiger partial charge in [-0.3, -0.25) is 9.59 Å². The summed E-state index contributed by atoms with van der Waals surface area (Å²) in [5.74, 6) is -1.62. The van der Waals surface area contributed by atoms with Crippen LogP contribution in [0.15, 0.2) is 29.1 Å². The second-order valence-corrected chi connectivity index (χ2v) is 4.47. The van der Waals surface area contributed by atoms with Crippen molar-refractivity contribution in [1.29, 1.82) is 0 Å². The number of hydrogen-bond donors (Lipinski definition) is 3. The van der Waals surface area contributed by atoms with Crippen LogP contribution < -0.4 is 10.9 Å². The first kappa shape index (κ1) is 14.4. The second-order valence-electron chi connectivity index (χ2n) is 4.47. The number of H-pyrrole nitrogens is 1. The van der Waals surface area contributed by atoms with Crippen molar-refractivity contribution < 1.29 is 14.7 Å². The fraction of sp³-hybridized carbons (Fsp3) is 0.143. The Kier molecular flexibility index (Phi) is 3.84. The van der Waals surface area contributed by atoms with Crippen LogP contribution in [0.25, 0.3) is 0 Å². The molecule has 108 valence electrons. The molecule has 0 saturated heterocycles. The van der Waals surface area contributed by atoms with Gasteiger partial charge in [0.1, 0.15) is 5.56 Å². The van der Waals surface area contributed by atoms with E-state index in [2.05, 4.69) is 15.5 Å². The summed E-state index contributed by atoms with van der Waals surface area (Å²) >= 11 is 0. The molecular formula is C14H13N3O4. The van der Waals surface area contributed by atoms with Gasteiger partial charge in [-0.05, 0) is 43.7 Å². The minimum Gasteiger partial charge on any atom is -0.478 e. The van der Waals surface area contributed by atoms with Crippen molar-refractivity contribution in [2.24, 2.45) is 0 Å². The first-order chi connectivity index (χ1) is 9.90. The first-order valence-corrected chi connectivity index (χ1v) is 6.10. The molecule has 0 radical (unpaired) electrons. The number of rotatable bonds is 3. The highest BCUT2D eigenvalue weighted by Gasteiger charge is 2.16. The van der Waals surface area contributed by atoms with Crippen LogP contribution in [-0.4, -0.2) is 27.2 Å². The van der Waals surface area contributed by atoms with Gasteiger partial charge in [0.05, 0.1) is 11.3 Å². The average molecular weight is 287 g/mol. The number of carboxylic acid groups (broad SMARTS) is 1. The number of carbonyl (C=O) groups is 2. The van der Waals surface area contributed by atoms with Gasteiger partial charge in [-0.2, -0.15) is 5.10 Å². The summed E-state index contributed by atoms with van der Waals surface area (Å²) in [4.78, 5) is 34.6. The van der Waals surface area contributed by atoms with Crippen LogP contribution in [0.1, 0.15) is 32.0 Å². The highest BCUT2D eigenvalue weighted by Crippen LogP contribution is 2.12. The number of aromatic nitrogens is 2. The van der Waals surface area contributed by atoms with Crippen LogP contribution in [-0.2, 0) is 0 Å². The van der Waals surface area contributed by atoms with Crippen LogP contribution >= 0.6 is 0 Å². The Morgan fingerprint density at radius 2 is 1.81 bits per heavy atom. The van der Waals surface area contributed by atoms with Crippen molar-refractivity contribution in [2.75, 3.05) is 5.32 Å². The van der Waals surface area contributed by atoms with Crippen molar-refractivity contribution in [1.82, 2.24) is 10.2 Å². The Bertz CT molecular complexity index is 763. The molecule has 3 N–H and O–H groups in total. The highest BCUT2D eigenvalue weighted by molar-refractivity contribution is 6.05. The van der Waals surface area contributed by atoms with E-state index in [1.54, 1.807) is 13.8 Å². The maximum Gasteiger partial charge on any atom is 0.335 e. The van der Waals surface area contributed by atoms with Crippen LogP contribution in [0.3, 0.4) is 0 Å². The molecule has 0 aliphatic carbocycles. The van der Waals surface area contributed by atoms with Crippen molar-refractivity contribution in [3.8, 4) is 0 Å². The van der Waals surface area contributed by atoms with E-state index in [9.17, 15) is 14.4 Å². The number of anilines is 1. The molecule has 0 fully saturated rings. The smallest absolute Gasteiger partial charge is 0.335 e. The number of aromatic amines is 1. The van der Waals surface area contributed by atoms with Gasteiger partial charge in [-0.1, -0.05) is 0 Å². The average Bonchev–Trinajstić information content (AvgIpc) is 2.44. The minimum atomic E-state index is -1.05.